The molecule has 1 aromatic rings. The highest BCUT2D eigenvalue weighted by Crippen LogP contribution is 2.21. The van der Waals surface area contributed by atoms with Gasteiger partial charge in [0.15, 0.2) is 5.96 Å². The van der Waals surface area contributed by atoms with Crippen molar-refractivity contribution in [2.75, 3.05) is 40.5 Å². The molecule has 0 saturated heterocycles. The Hall–Kier alpha value is -2.28. The van der Waals surface area contributed by atoms with Crippen molar-refractivity contribution in [3.05, 3.63) is 29.3 Å². The van der Waals surface area contributed by atoms with E-state index in [-0.39, 0.29) is 0 Å². The molecule has 0 saturated carbocycles. The Labute approximate surface area is 162 Å². The van der Waals surface area contributed by atoms with Crippen LogP contribution in [0.1, 0.15) is 49.0 Å². The molecule has 0 unspecified atom stereocenters. The zero-order chi connectivity index (χ0) is 19.9. The minimum atomic E-state index is -0.425. The summed E-state index contributed by atoms with van der Waals surface area (Å²) in [6.45, 7) is 7.74. The quantitative estimate of drug-likeness (QED) is 0.252. The third-order valence-corrected chi connectivity index (χ3v) is 3.83. The number of guanidine groups is 1. The number of benzene rings is 1. The lowest BCUT2D eigenvalue weighted by Gasteiger charge is -2.12. The Morgan fingerprint density at radius 3 is 2.56 bits per heavy atom. The van der Waals surface area contributed by atoms with Crippen LogP contribution in [0.2, 0.25) is 0 Å². The standard InChI is InChI=1S/C20H33N3O4/c1-5-7-12-27-13-8-11-22-20(21-6-2)23-15-16-9-10-18(25-3)17(14-16)19(24)26-4/h9-10,14H,5-8,11-13,15H2,1-4H3,(H2,21,22,23). The summed E-state index contributed by atoms with van der Waals surface area (Å²) in [7, 11) is 2.88. The van der Waals surface area contributed by atoms with Gasteiger partial charge in [0.05, 0.1) is 20.8 Å². The average molecular weight is 380 g/mol. The third kappa shape index (κ3) is 8.77. The molecule has 7 nitrogen and oxygen atoms in total. The number of esters is 1. The molecule has 0 spiro atoms. The maximum absolute atomic E-state index is 11.9. The normalized spacial score (nSPS) is 11.2. The molecule has 2 N–H and O–H groups in total. The molecular weight excluding hydrogens is 346 g/mol. The number of methoxy groups -OCH3 is 2. The monoisotopic (exact) mass is 379 g/mol. The minimum Gasteiger partial charge on any atom is -0.496 e. The largest absolute Gasteiger partial charge is 0.496 e. The van der Waals surface area contributed by atoms with Crippen LogP contribution in [-0.4, -0.2) is 52.5 Å². The third-order valence-electron chi connectivity index (χ3n) is 3.83. The van der Waals surface area contributed by atoms with E-state index in [1.807, 2.05) is 13.0 Å². The van der Waals surface area contributed by atoms with Gasteiger partial charge in [-0.2, -0.15) is 0 Å². The highest BCUT2D eigenvalue weighted by molar-refractivity contribution is 5.92. The lowest BCUT2D eigenvalue weighted by atomic mass is 10.1. The number of unbranched alkanes of at least 4 members (excludes halogenated alkanes) is 1. The maximum atomic E-state index is 11.9. The second-order valence-corrected chi connectivity index (χ2v) is 5.97. The number of nitrogens with one attached hydrogen (secondary N) is 2. The summed E-state index contributed by atoms with van der Waals surface area (Å²) in [6.07, 6.45) is 3.18. The first-order valence-electron chi connectivity index (χ1n) is 9.51. The second kappa shape index (κ2) is 13.9. The fourth-order valence-electron chi connectivity index (χ4n) is 2.36. The fraction of sp³-hybridized carbons (Fsp3) is 0.600. The van der Waals surface area contributed by atoms with Crippen molar-refractivity contribution in [1.29, 1.82) is 0 Å². The van der Waals surface area contributed by atoms with Crippen LogP contribution in [0.25, 0.3) is 0 Å². The van der Waals surface area contributed by atoms with Gasteiger partial charge < -0.3 is 24.8 Å². The zero-order valence-electron chi connectivity index (χ0n) is 17.0. The van der Waals surface area contributed by atoms with E-state index in [0.29, 0.717) is 17.9 Å². The summed E-state index contributed by atoms with van der Waals surface area (Å²) in [5, 5.41) is 6.51. The molecule has 0 heterocycles. The van der Waals surface area contributed by atoms with Gasteiger partial charge in [-0.25, -0.2) is 9.79 Å². The average Bonchev–Trinajstić information content (AvgIpc) is 2.70. The summed E-state index contributed by atoms with van der Waals surface area (Å²) in [5.41, 5.74) is 1.30. The summed E-state index contributed by atoms with van der Waals surface area (Å²) in [4.78, 5) is 16.5. The van der Waals surface area contributed by atoms with E-state index >= 15 is 0 Å². The highest BCUT2D eigenvalue weighted by Gasteiger charge is 2.13. The molecule has 27 heavy (non-hydrogen) atoms. The molecule has 1 rings (SSSR count). The van der Waals surface area contributed by atoms with Crippen molar-refractivity contribution in [3.63, 3.8) is 0 Å². The molecule has 0 bridgehead atoms. The lowest BCUT2D eigenvalue weighted by Crippen LogP contribution is -2.38. The van der Waals surface area contributed by atoms with Gasteiger partial charge in [0.2, 0.25) is 0 Å². The van der Waals surface area contributed by atoms with Crippen LogP contribution >= 0.6 is 0 Å². The van der Waals surface area contributed by atoms with Gasteiger partial charge in [-0.3, -0.25) is 0 Å². The predicted octanol–water partition coefficient (Wildman–Crippen LogP) is 2.74. The van der Waals surface area contributed by atoms with E-state index in [1.54, 1.807) is 12.1 Å². The second-order valence-electron chi connectivity index (χ2n) is 5.97. The van der Waals surface area contributed by atoms with E-state index in [9.17, 15) is 4.79 Å². The van der Waals surface area contributed by atoms with Gasteiger partial charge in [-0.15, -0.1) is 0 Å². The Kier molecular flexibility index (Phi) is 11.7. The number of nitrogens with zero attached hydrogens (tertiary/aromatic N) is 1. The molecule has 152 valence electrons. The number of hydrogen-bond acceptors (Lipinski definition) is 5. The van der Waals surface area contributed by atoms with E-state index in [2.05, 4.69) is 22.5 Å². The molecular formula is C20H33N3O4. The minimum absolute atomic E-state index is 0.398. The van der Waals surface area contributed by atoms with Crippen molar-refractivity contribution < 1.29 is 19.0 Å². The maximum Gasteiger partial charge on any atom is 0.341 e. The van der Waals surface area contributed by atoms with E-state index in [1.165, 1.54) is 14.2 Å². The van der Waals surface area contributed by atoms with Crippen LogP contribution in [0.15, 0.2) is 23.2 Å². The van der Waals surface area contributed by atoms with Crippen molar-refractivity contribution in [3.8, 4) is 5.75 Å². The topological polar surface area (TPSA) is 81.2 Å². The first kappa shape index (κ1) is 22.8. The Balaban J connectivity index is 2.60. The number of aliphatic imine (C=N–C) groups is 1. The summed E-state index contributed by atoms with van der Waals surface area (Å²) >= 11 is 0. The van der Waals surface area contributed by atoms with Gasteiger partial charge in [0.1, 0.15) is 11.3 Å². The van der Waals surface area contributed by atoms with Gasteiger partial charge in [0, 0.05) is 26.3 Å². The van der Waals surface area contributed by atoms with Crippen molar-refractivity contribution in [2.45, 2.75) is 39.7 Å². The molecule has 0 amide bonds. The van der Waals surface area contributed by atoms with Gasteiger partial charge in [-0.05, 0) is 37.5 Å². The molecule has 0 fully saturated rings. The number of carbonyl (C=O) groups excluding carboxylic acids is 1. The molecule has 0 aliphatic rings. The molecule has 0 radical (unpaired) electrons. The van der Waals surface area contributed by atoms with Gasteiger partial charge in [-0.1, -0.05) is 19.4 Å². The van der Waals surface area contributed by atoms with Crippen LogP contribution in [0.4, 0.5) is 0 Å². The first-order chi connectivity index (χ1) is 13.2. The predicted molar refractivity (Wildman–Crippen MR) is 107 cm³/mol. The summed E-state index contributed by atoms with van der Waals surface area (Å²) in [6, 6.07) is 5.39. The molecule has 0 aromatic heterocycles. The zero-order valence-corrected chi connectivity index (χ0v) is 17.0. The smallest absolute Gasteiger partial charge is 0.341 e. The summed E-state index contributed by atoms with van der Waals surface area (Å²) in [5.74, 6) is 0.801. The van der Waals surface area contributed by atoms with Crippen LogP contribution in [0.3, 0.4) is 0 Å². The molecule has 0 aliphatic carbocycles. The van der Waals surface area contributed by atoms with Crippen molar-refractivity contribution >= 4 is 11.9 Å². The van der Waals surface area contributed by atoms with Gasteiger partial charge >= 0.3 is 5.97 Å². The number of rotatable bonds is 12. The molecule has 7 heteroatoms. The number of ether oxygens (including phenoxy) is 3. The van der Waals surface area contributed by atoms with Crippen LogP contribution in [-0.2, 0) is 16.0 Å². The highest BCUT2D eigenvalue weighted by atomic mass is 16.5. The lowest BCUT2D eigenvalue weighted by molar-refractivity contribution is 0.0597. The molecule has 0 atom stereocenters. The van der Waals surface area contributed by atoms with E-state index in [4.69, 9.17) is 14.2 Å². The Bertz CT molecular complexity index is 591. The van der Waals surface area contributed by atoms with E-state index < -0.39 is 5.97 Å². The first-order valence-corrected chi connectivity index (χ1v) is 9.51. The summed E-state index contributed by atoms with van der Waals surface area (Å²) < 4.78 is 15.6. The SMILES string of the molecule is CCCCOCCCNC(=NCc1ccc(OC)c(C(=O)OC)c1)NCC. The Morgan fingerprint density at radius 2 is 1.89 bits per heavy atom. The van der Waals surface area contributed by atoms with Crippen LogP contribution in [0.5, 0.6) is 5.75 Å². The van der Waals surface area contributed by atoms with Crippen LogP contribution < -0.4 is 15.4 Å². The van der Waals surface area contributed by atoms with Gasteiger partial charge in [0.25, 0.3) is 0 Å². The fourth-order valence-corrected chi connectivity index (χ4v) is 2.36. The van der Waals surface area contributed by atoms with Crippen molar-refractivity contribution in [1.82, 2.24) is 10.6 Å². The Morgan fingerprint density at radius 1 is 1.11 bits per heavy atom. The number of carbonyl (C=O) groups is 1. The number of hydrogen-bond donors (Lipinski definition) is 2. The van der Waals surface area contributed by atoms with Crippen molar-refractivity contribution in [2.24, 2.45) is 4.99 Å². The van der Waals surface area contributed by atoms with E-state index in [0.717, 1.165) is 57.1 Å². The molecule has 1 aromatic carbocycles. The molecule has 0 aliphatic heterocycles. The van der Waals surface area contributed by atoms with Crippen LogP contribution in [0, 0.1) is 0 Å².